The van der Waals surface area contributed by atoms with E-state index in [0.29, 0.717) is 6.61 Å². The second kappa shape index (κ2) is 7.33. The van der Waals surface area contributed by atoms with E-state index >= 15 is 0 Å². The number of ether oxygens (including phenoxy) is 2. The number of nitrogens with one attached hydrogen (secondary N) is 1. The highest BCUT2D eigenvalue weighted by molar-refractivity contribution is 7.40. The molecule has 130 valence electrons. The van der Waals surface area contributed by atoms with Gasteiger partial charge in [0.25, 0.3) is 0 Å². The van der Waals surface area contributed by atoms with E-state index in [4.69, 9.17) is 21.1 Å². The Morgan fingerprint density at radius 2 is 2.25 bits per heavy atom. The number of hydrogen-bond acceptors (Lipinski definition) is 9. The summed E-state index contributed by atoms with van der Waals surface area (Å²) in [6.07, 6.45) is 0.281. The maximum atomic E-state index is 11.9. The summed E-state index contributed by atoms with van der Waals surface area (Å²) in [6.45, 7) is 1.85. The second-order valence-electron chi connectivity index (χ2n) is 4.89. The number of aromatic nitrogens is 2. The maximum absolute atomic E-state index is 11.9. The molecule has 0 aromatic carbocycles. The van der Waals surface area contributed by atoms with Crippen molar-refractivity contribution in [3.63, 3.8) is 0 Å². The van der Waals surface area contributed by atoms with Gasteiger partial charge in [0.05, 0.1) is 18.1 Å². The summed E-state index contributed by atoms with van der Waals surface area (Å²) in [4.78, 5) is 41.8. The lowest BCUT2D eigenvalue weighted by Crippen LogP contribution is -2.45. The molecule has 24 heavy (non-hydrogen) atoms. The van der Waals surface area contributed by atoms with Gasteiger partial charge in [0.15, 0.2) is 5.52 Å². The Labute approximate surface area is 143 Å². The van der Waals surface area contributed by atoms with Crippen molar-refractivity contribution >= 4 is 43.8 Å². The van der Waals surface area contributed by atoms with Crippen molar-refractivity contribution in [1.82, 2.24) is 9.97 Å². The molecule has 0 spiro atoms. The van der Waals surface area contributed by atoms with Crippen LogP contribution in [-0.2, 0) is 14.3 Å². The number of rotatable bonds is 6. The highest BCUT2D eigenvalue weighted by Gasteiger charge is 2.43. The van der Waals surface area contributed by atoms with Crippen LogP contribution in [-0.4, -0.2) is 51.7 Å². The molecule has 0 radical (unpaired) electrons. The van der Waals surface area contributed by atoms with E-state index in [1.807, 2.05) is 9.24 Å². The smallest absolute Gasteiger partial charge is 0.364 e. The van der Waals surface area contributed by atoms with Crippen LogP contribution in [0.25, 0.3) is 0 Å². The van der Waals surface area contributed by atoms with Gasteiger partial charge in [0, 0.05) is 13.0 Å². The predicted molar refractivity (Wildman–Crippen MR) is 86.2 cm³/mol. The van der Waals surface area contributed by atoms with E-state index < -0.39 is 33.1 Å². The van der Waals surface area contributed by atoms with Crippen LogP contribution >= 0.6 is 20.8 Å². The third-order valence-electron chi connectivity index (χ3n) is 3.36. The van der Waals surface area contributed by atoms with Gasteiger partial charge in [-0.15, -0.1) is 0 Å². The quantitative estimate of drug-likeness (QED) is 0.255. The molecule has 0 saturated carbocycles. The fourth-order valence-corrected chi connectivity index (χ4v) is 2.64. The molecule has 12 heteroatoms. The summed E-state index contributed by atoms with van der Waals surface area (Å²) in [5.41, 5.74) is -2.87. The Morgan fingerprint density at radius 1 is 1.54 bits per heavy atom. The van der Waals surface area contributed by atoms with Crippen LogP contribution in [0.15, 0.2) is 0 Å². The molecule has 2 heterocycles. The number of halogens is 1. The summed E-state index contributed by atoms with van der Waals surface area (Å²) in [5.74, 6) is -1.35. The Bertz CT molecular complexity index is 694. The molecule has 0 aliphatic carbocycles. The Balaban J connectivity index is 2.54. The number of carbonyl (C=O) groups is 2. The van der Waals surface area contributed by atoms with Crippen LogP contribution < -0.4 is 5.32 Å². The Hall–Kier alpha value is -1.90. The summed E-state index contributed by atoms with van der Waals surface area (Å²) in [7, 11) is 2.01. The van der Waals surface area contributed by atoms with Gasteiger partial charge in [-0.2, -0.15) is 4.98 Å². The number of hydrogen-bond donors (Lipinski definition) is 1. The molecule has 2 unspecified atom stereocenters. The van der Waals surface area contributed by atoms with Gasteiger partial charge in [-0.3, -0.25) is 14.9 Å². The molecule has 2 rings (SSSR count). The molecule has 1 aromatic rings. The first kappa shape index (κ1) is 18.4. The number of anilines is 1. The van der Waals surface area contributed by atoms with Gasteiger partial charge in [-0.05, 0) is 18.5 Å². The van der Waals surface area contributed by atoms with Crippen LogP contribution in [0.2, 0.25) is 5.28 Å². The first-order valence-corrected chi connectivity index (χ1v) is 7.81. The fraction of sp³-hybridized carbons (Fsp3) is 0.500. The monoisotopic (exact) mass is 376 g/mol. The van der Waals surface area contributed by atoms with Crippen molar-refractivity contribution in [2.75, 3.05) is 25.1 Å². The van der Waals surface area contributed by atoms with Crippen LogP contribution in [0.4, 0.5) is 11.5 Å². The van der Waals surface area contributed by atoms with Crippen LogP contribution in [0.5, 0.6) is 0 Å². The summed E-state index contributed by atoms with van der Waals surface area (Å²) >= 11 is 5.77. The zero-order valence-electron chi connectivity index (χ0n) is 12.6. The normalized spacial score (nSPS) is 19.8. The molecular formula is C12H14ClN4O6P. The number of nitro groups is 1. The summed E-state index contributed by atoms with van der Waals surface area (Å²) in [5, 5.41) is 13.7. The van der Waals surface area contributed by atoms with Crippen LogP contribution in [0.3, 0.4) is 0 Å². The molecule has 1 aliphatic rings. The molecule has 0 amide bonds. The van der Waals surface area contributed by atoms with Crippen molar-refractivity contribution in [3.05, 3.63) is 21.1 Å². The Kier molecular flexibility index (Phi) is 5.63. The van der Waals surface area contributed by atoms with Crippen molar-refractivity contribution in [3.8, 4) is 0 Å². The van der Waals surface area contributed by atoms with E-state index in [0.717, 1.165) is 0 Å². The molecule has 0 bridgehead atoms. The standard InChI is InChI=1S/C12H14ClN4O6P/c1-2-23-9(18)6-7(17(20)21)8(15-11(13)14-6)16-12(10(19)24)3-4-22-5-12/h2-5,24H2,1H3,(H,14,15,16). The zero-order chi connectivity index (χ0) is 17.9. The van der Waals surface area contributed by atoms with E-state index in [2.05, 4.69) is 15.3 Å². The lowest BCUT2D eigenvalue weighted by Gasteiger charge is -2.25. The van der Waals surface area contributed by atoms with E-state index in [9.17, 15) is 19.7 Å². The van der Waals surface area contributed by atoms with Gasteiger partial charge in [0.2, 0.25) is 16.8 Å². The topological polar surface area (TPSA) is 134 Å². The van der Waals surface area contributed by atoms with Crippen molar-refractivity contribution in [2.24, 2.45) is 0 Å². The molecule has 10 nitrogen and oxygen atoms in total. The predicted octanol–water partition coefficient (Wildman–Crippen LogP) is 1.19. The summed E-state index contributed by atoms with van der Waals surface area (Å²) in [6, 6.07) is 0. The second-order valence-corrected chi connectivity index (χ2v) is 5.75. The third-order valence-corrected chi connectivity index (χ3v) is 4.08. The van der Waals surface area contributed by atoms with Crippen molar-refractivity contribution in [2.45, 2.75) is 18.9 Å². The molecule has 1 saturated heterocycles. The first-order chi connectivity index (χ1) is 11.3. The minimum Gasteiger partial charge on any atom is -0.461 e. The molecule has 1 aliphatic heterocycles. The molecule has 1 fully saturated rings. The number of esters is 1. The molecule has 1 N–H and O–H groups in total. The van der Waals surface area contributed by atoms with Gasteiger partial charge in [-0.25, -0.2) is 9.78 Å². The van der Waals surface area contributed by atoms with Crippen molar-refractivity contribution < 1.29 is 24.0 Å². The fourth-order valence-electron chi connectivity index (χ4n) is 2.18. The van der Waals surface area contributed by atoms with Crippen molar-refractivity contribution in [1.29, 1.82) is 0 Å². The zero-order valence-corrected chi connectivity index (χ0v) is 14.5. The molecular weight excluding hydrogens is 363 g/mol. The average molecular weight is 377 g/mol. The minimum absolute atomic E-state index is 0.00222. The van der Waals surface area contributed by atoms with E-state index in [1.165, 1.54) is 0 Å². The van der Waals surface area contributed by atoms with Gasteiger partial charge in [-0.1, -0.05) is 9.24 Å². The van der Waals surface area contributed by atoms with Crippen LogP contribution in [0.1, 0.15) is 23.8 Å². The third kappa shape index (κ3) is 3.61. The minimum atomic E-state index is -1.21. The van der Waals surface area contributed by atoms with E-state index in [1.54, 1.807) is 6.92 Å². The highest BCUT2D eigenvalue weighted by atomic mass is 35.5. The summed E-state index contributed by atoms with van der Waals surface area (Å²) < 4.78 is 9.96. The van der Waals surface area contributed by atoms with E-state index in [-0.39, 0.29) is 31.0 Å². The highest BCUT2D eigenvalue weighted by Crippen LogP contribution is 2.33. The average Bonchev–Trinajstić information content (AvgIpc) is 2.96. The molecule has 2 atom stereocenters. The maximum Gasteiger partial charge on any atom is 0.364 e. The number of nitrogens with zero attached hydrogens (tertiary/aromatic N) is 3. The molecule has 1 aromatic heterocycles. The SMILES string of the molecule is CCOC(=O)c1nc(Cl)nc(NC2(C(=O)P)CCOC2)c1[N+](=O)[O-]. The van der Waals surface area contributed by atoms with Gasteiger partial charge in [0.1, 0.15) is 5.54 Å². The lowest BCUT2D eigenvalue weighted by molar-refractivity contribution is -0.384. The number of carbonyl (C=O) groups excluding carboxylic acids is 2. The Morgan fingerprint density at radius 3 is 2.75 bits per heavy atom. The first-order valence-electron chi connectivity index (χ1n) is 6.85. The van der Waals surface area contributed by atoms with Gasteiger partial charge < -0.3 is 14.8 Å². The lowest BCUT2D eigenvalue weighted by atomic mass is 10.0. The van der Waals surface area contributed by atoms with Crippen LogP contribution in [0, 0.1) is 10.1 Å². The van der Waals surface area contributed by atoms with Gasteiger partial charge >= 0.3 is 11.7 Å². The largest absolute Gasteiger partial charge is 0.461 e.